The molecule has 3 aromatic rings. The zero-order valence-electron chi connectivity index (χ0n) is 12.5. The number of hydrogen-bond acceptors (Lipinski definition) is 2. The summed E-state index contributed by atoms with van der Waals surface area (Å²) >= 11 is 0. The summed E-state index contributed by atoms with van der Waals surface area (Å²) in [6, 6.07) is 15.9. The molecule has 1 aliphatic heterocycles. The molecule has 0 N–H and O–H groups in total. The number of pyridine rings is 1. The van der Waals surface area contributed by atoms with Crippen molar-refractivity contribution in [3.8, 4) is 0 Å². The van der Waals surface area contributed by atoms with Crippen molar-refractivity contribution >= 4 is 16.6 Å². The molecule has 0 saturated carbocycles. The first-order valence-corrected chi connectivity index (χ1v) is 7.60. The van der Waals surface area contributed by atoms with Crippen molar-refractivity contribution in [2.24, 2.45) is 0 Å². The van der Waals surface area contributed by atoms with E-state index in [9.17, 15) is 4.39 Å². The Balaban J connectivity index is 1.77. The Labute approximate surface area is 129 Å². The molecule has 0 radical (unpaired) electrons. The number of halogens is 1. The summed E-state index contributed by atoms with van der Waals surface area (Å²) in [5.74, 6) is -0.207. The summed E-state index contributed by atoms with van der Waals surface area (Å²) in [6.07, 6.45) is 2.79. The van der Waals surface area contributed by atoms with Crippen LogP contribution in [0.1, 0.15) is 18.1 Å². The van der Waals surface area contributed by atoms with Gasteiger partial charge < -0.3 is 4.90 Å². The van der Waals surface area contributed by atoms with Gasteiger partial charge in [0, 0.05) is 29.9 Å². The summed E-state index contributed by atoms with van der Waals surface area (Å²) in [7, 11) is 0. The van der Waals surface area contributed by atoms with Crippen LogP contribution < -0.4 is 4.90 Å². The lowest BCUT2D eigenvalue weighted by Crippen LogP contribution is -2.28. The van der Waals surface area contributed by atoms with Crippen LogP contribution in [0.4, 0.5) is 10.1 Å². The minimum Gasteiger partial charge on any atom is -0.364 e. The molecule has 110 valence electrons. The minimum absolute atomic E-state index is 0.207. The van der Waals surface area contributed by atoms with Gasteiger partial charge in [0.1, 0.15) is 5.82 Å². The lowest BCUT2D eigenvalue weighted by molar-refractivity contribution is 0.637. The standard InChI is InChI=1S/C19H17FN2/c1-13-11-14-5-2-3-7-18(14)22(13)12-15-8-9-17(20)16-6-4-10-21-19(15)16/h2-10,13H,11-12H2,1H3/t13-/m1/s1. The number of nitrogens with zero attached hydrogens (tertiary/aromatic N) is 2. The fourth-order valence-corrected chi connectivity index (χ4v) is 3.38. The van der Waals surface area contributed by atoms with E-state index in [1.807, 2.05) is 6.07 Å². The fourth-order valence-electron chi connectivity index (χ4n) is 3.38. The second kappa shape index (κ2) is 5.09. The monoisotopic (exact) mass is 292 g/mol. The molecule has 0 saturated heterocycles. The Hall–Kier alpha value is -2.42. The number of aromatic nitrogens is 1. The van der Waals surface area contributed by atoms with Gasteiger partial charge in [-0.1, -0.05) is 24.3 Å². The Bertz CT molecular complexity index is 844. The van der Waals surface area contributed by atoms with Crippen LogP contribution in [0.25, 0.3) is 10.9 Å². The van der Waals surface area contributed by atoms with Gasteiger partial charge in [0.25, 0.3) is 0 Å². The molecule has 0 spiro atoms. The highest BCUT2D eigenvalue weighted by atomic mass is 19.1. The van der Waals surface area contributed by atoms with E-state index in [1.165, 1.54) is 11.3 Å². The highest BCUT2D eigenvalue weighted by molar-refractivity contribution is 5.82. The summed E-state index contributed by atoms with van der Waals surface area (Å²) in [5.41, 5.74) is 4.50. The normalized spacial score (nSPS) is 17.0. The highest BCUT2D eigenvalue weighted by Crippen LogP contribution is 2.34. The van der Waals surface area contributed by atoms with Crippen molar-refractivity contribution in [3.63, 3.8) is 0 Å². The van der Waals surface area contributed by atoms with Crippen molar-refractivity contribution in [2.75, 3.05) is 4.90 Å². The Morgan fingerprint density at radius 2 is 2.00 bits per heavy atom. The minimum atomic E-state index is -0.207. The van der Waals surface area contributed by atoms with Crippen LogP contribution >= 0.6 is 0 Å². The first-order valence-electron chi connectivity index (χ1n) is 7.60. The maximum Gasteiger partial charge on any atom is 0.132 e. The molecule has 2 aromatic carbocycles. The largest absolute Gasteiger partial charge is 0.364 e. The van der Waals surface area contributed by atoms with Crippen molar-refractivity contribution in [1.29, 1.82) is 0 Å². The molecule has 0 bridgehead atoms. The predicted molar refractivity (Wildman–Crippen MR) is 87.5 cm³/mol. The van der Waals surface area contributed by atoms with Crippen molar-refractivity contribution in [3.05, 3.63) is 71.7 Å². The Morgan fingerprint density at radius 3 is 2.91 bits per heavy atom. The van der Waals surface area contributed by atoms with Gasteiger partial charge in [0.05, 0.1) is 5.52 Å². The summed E-state index contributed by atoms with van der Waals surface area (Å²) in [6.45, 7) is 2.99. The van der Waals surface area contributed by atoms with Gasteiger partial charge in [0.2, 0.25) is 0 Å². The number of hydrogen-bond donors (Lipinski definition) is 0. The topological polar surface area (TPSA) is 16.1 Å². The molecule has 22 heavy (non-hydrogen) atoms. The fraction of sp³-hybridized carbons (Fsp3) is 0.211. The quantitative estimate of drug-likeness (QED) is 0.699. The van der Waals surface area contributed by atoms with Gasteiger partial charge in [0.15, 0.2) is 0 Å². The number of para-hydroxylation sites is 1. The number of benzene rings is 2. The van der Waals surface area contributed by atoms with Crippen LogP contribution in [-0.4, -0.2) is 11.0 Å². The summed E-state index contributed by atoms with van der Waals surface area (Å²) in [5, 5.41) is 0.597. The van der Waals surface area contributed by atoms with E-state index >= 15 is 0 Å². The molecule has 3 heteroatoms. The van der Waals surface area contributed by atoms with Crippen LogP contribution in [0.2, 0.25) is 0 Å². The first kappa shape index (κ1) is 13.3. The zero-order valence-corrected chi connectivity index (χ0v) is 12.5. The van der Waals surface area contributed by atoms with Gasteiger partial charge in [-0.05, 0) is 48.7 Å². The van der Waals surface area contributed by atoms with Gasteiger partial charge in [-0.3, -0.25) is 4.98 Å². The van der Waals surface area contributed by atoms with Crippen LogP contribution in [0.15, 0.2) is 54.7 Å². The molecule has 0 amide bonds. The van der Waals surface area contributed by atoms with Gasteiger partial charge in [-0.25, -0.2) is 4.39 Å². The van der Waals surface area contributed by atoms with Gasteiger partial charge in [-0.15, -0.1) is 0 Å². The van der Waals surface area contributed by atoms with Crippen LogP contribution in [0.3, 0.4) is 0 Å². The number of anilines is 1. The van der Waals surface area contributed by atoms with Crippen molar-refractivity contribution in [1.82, 2.24) is 4.98 Å². The van der Waals surface area contributed by atoms with E-state index in [2.05, 4.69) is 41.1 Å². The zero-order chi connectivity index (χ0) is 15.1. The van der Waals surface area contributed by atoms with Gasteiger partial charge >= 0.3 is 0 Å². The number of rotatable bonds is 2. The molecule has 4 rings (SSSR count). The lowest BCUT2D eigenvalue weighted by Gasteiger charge is -2.25. The molecule has 0 unspecified atom stereocenters. The second-order valence-electron chi connectivity index (χ2n) is 5.92. The lowest BCUT2D eigenvalue weighted by atomic mass is 10.1. The molecule has 0 fully saturated rings. The number of fused-ring (bicyclic) bond motifs is 2. The average Bonchev–Trinajstić information content (AvgIpc) is 2.86. The average molecular weight is 292 g/mol. The first-order chi connectivity index (χ1) is 10.7. The SMILES string of the molecule is C[C@@H]1Cc2ccccc2N1Cc1ccc(F)c2cccnc12. The maximum absolute atomic E-state index is 13.9. The summed E-state index contributed by atoms with van der Waals surface area (Å²) in [4.78, 5) is 6.78. The molecule has 1 atom stereocenters. The molecule has 2 heterocycles. The van der Waals surface area contributed by atoms with E-state index in [4.69, 9.17) is 0 Å². The van der Waals surface area contributed by atoms with E-state index < -0.39 is 0 Å². The molecule has 0 aliphatic carbocycles. The maximum atomic E-state index is 13.9. The van der Waals surface area contributed by atoms with E-state index in [0.717, 1.165) is 24.0 Å². The third-order valence-corrected chi connectivity index (χ3v) is 4.49. The smallest absolute Gasteiger partial charge is 0.132 e. The molecular formula is C19H17FN2. The molecule has 2 nitrogen and oxygen atoms in total. The van der Waals surface area contributed by atoms with Crippen LogP contribution in [-0.2, 0) is 13.0 Å². The van der Waals surface area contributed by atoms with Crippen molar-refractivity contribution in [2.45, 2.75) is 25.9 Å². The third kappa shape index (κ3) is 2.05. The summed E-state index contributed by atoms with van der Waals surface area (Å²) < 4.78 is 13.9. The van der Waals surface area contributed by atoms with E-state index in [0.29, 0.717) is 11.4 Å². The molecule has 1 aromatic heterocycles. The third-order valence-electron chi connectivity index (χ3n) is 4.49. The van der Waals surface area contributed by atoms with Gasteiger partial charge in [-0.2, -0.15) is 0 Å². The molecular weight excluding hydrogens is 275 g/mol. The van der Waals surface area contributed by atoms with Crippen LogP contribution in [0.5, 0.6) is 0 Å². The van der Waals surface area contributed by atoms with E-state index in [1.54, 1.807) is 24.4 Å². The highest BCUT2D eigenvalue weighted by Gasteiger charge is 2.26. The second-order valence-corrected chi connectivity index (χ2v) is 5.92. The van der Waals surface area contributed by atoms with Crippen LogP contribution in [0, 0.1) is 5.82 Å². The Kier molecular flexibility index (Phi) is 3.07. The van der Waals surface area contributed by atoms with Crippen molar-refractivity contribution < 1.29 is 4.39 Å². The van der Waals surface area contributed by atoms with E-state index in [-0.39, 0.29) is 5.82 Å². The Morgan fingerprint density at radius 1 is 1.14 bits per heavy atom. The predicted octanol–water partition coefficient (Wildman–Crippen LogP) is 4.33. The molecule has 1 aliphatic rings.